The van der Waals surface area contributed by atoms with Crippen LogP contribution < -0.4 is 10.1 Å². The van der Waals surface area contributed by atoms with E-state index in [2.05, 4.69) is 32.2 Å². The van der Waals surface area contributed by atoms with E-state index in [4.69, 9.17) is 0 Å². The van der Waals surface area contributed by atoms with Crippen molar-refractivity contribution < 1.29 is 0 Å². The molecule has 0 amide bonds. The molecule has 0 saturated carbocycles. The monoisotopic (exact) mass is 334 g/mol. The van der Waals surface area contributed by atoms with Crippen molar-refractivity contribution in [1.29, 1.82) is 0 Å². The lowest BCUT2D eigenvalue weighted by molar-refractivity contribution is 0.228. The first-order valence-electron chi connectivity index (χ1n) is 5.30. The molecular weight excluding hydrogens is 315 g/mol. The van der Waals surface area contributed by atoms with Crippen molar-refractivity contribution in [2.24, 2.45) is 12.0 Å². The highest BCUT2D eigenvalue weighted by Gasteiger charge is 2.11. The Morgan fingerprint density at radius 2 is 1.89 bits per heavy atom. The molecule has 1 fully saturated rings. The van der Waals surface area contributed by atoms with Crippen molar-refractivity contribution in [1.82, 2.24) is 14.8 Å². The highest BCUT2D eigenvalue weighted by atomic mass is 35.5. The second-order valence-electron chi connectivity index (χ2n) is 3.82. The van der Waals surface area contributed by atoms with Crippen molar-refractivity contribution in [3.63, 3.8) is 0 Å². The van der Waals surface area contributed by atoms with Gasteiger partial charge in [0, 0.05) is 57.9 Å². The zero-order valence-electron chi connectivity index (χ0n) is 10.6. The second-order valence-corrected chi connectivity index (χ2v) is 4.65. The Balaban J connectivity index is 0. The maximum atomic E-state index is 4.23. The highest BCUT2D eigenvalue weighted by Crippen LogP contribution is 2.05. The SMILES string of the molecule is CN=c1scc(CN2CCNCC2)n1C.Cl.Cl.Cl. The molecule has 108 valence electrons. The Morgan fingerprint density at radius 3 is 2.39 bits per heavy atom. The minimum absolute atomic E-state index is 0. The van der Waals surface area contributed by atoms with Gasteiger partial charge in [-0.25, -0.2) is 0 Å². The van der Waals surface area contributed by atoms with E-state index in [1.54, 1.807) is 11.3 Å². The molecule has 1 aromatic heterocycles. The molecule has 1 N–H and O–H groups in total. The first-order valence-corrected chi connectivity index (χ1v) is 6.18. The normalized spacial score (nSPS) is 16.4. The van der Waals surface area contributed by atoms with E-state index in [1.807, 2.05) is 7.05 Å². The summed E-state index contributed by atoms with van der Waals surface area (Å²) in [5.74, 6) is 0. The maximum Gasteiger partial charge on any atom is 0.184 e. The molecule has 0 unspecified atom stereocenters. The van der Waals surface area contributed by atoms with Crippen LogP contribution in [-0.2, 0) is 13.6 Å². The van der Waals surface area contributed by atoms with E-state index in [0.717, 1.165) is 37.5 Å². The van der Waals surface area contributed by atoms with Crippen LogP contribution in [-0.4, -0.2) is 42.7 Å². The van der Waals surface area contributed by atoms with Gasteiger partial charge in [-0.2, -0.15) is 0 Å². The number of halogens is 3. The fourth-order valence-corrected chi connectivity index (χ4v) is 2.70. The quantitative estimate of drug-likeness (QED) is 0.883. The van der Waals surface area contributed by atoms with Crippen LogP contribution in [0.25, 0.3) is 0 Å². The van der Waals surface area contributed by atoms with Crippen LogP contribution in [0.3, 0.4) is 0 Å². The first-order chi connectivity index (χ1) is 7.31. The molecule has 1 saturated heterocycles. The van der Waals surface area contributed by atoms with Crippen molar-refractivity contribution in [2.75, 3.05) is 33.2 Å². The molecule has 2 heterocycles. The third-order valence-corrected chi connectivity index (χ3v) is 3.86. The average molecular weight is 336 g/mol. The number of aromatic nitrogens is 1. The smallest absolute Gasteiger partial charge is 0.184 e. The molecule has 1 aliphatic heterocycles. The van der Waals surface area contributed by atoms with Gasteiger partial charge in [-0.1, -0.05) is 0 Å². The maximum absolute atomic E-state index is 4.23. The molecule has 8 heteroatoms. The second kappa shape index (κ2) is 10.1. The van der Waals surface area contributed by atoms with Crippen LogP contribution in [0.15, 0.2) is 10.4 Å². The number of hydrogen-bond donors (Lipinski definition) is 1. The van der Waals surface area contributed by atoms with Gasteiger partial charge in [0.05, 0.1) is 0 Å². The van der Waals surface area contributed by atoms with Gasteiger partial charge < -0.3 is 9.88 Å². The Morgan fingerprint density at radius 1 is 1.28 bits per heavy atom. The predicted molar refractivity (Wildman–Crippen MR) is 84.7 cm³/mol. The summed E-state index contributed by atoms with van der Waals surface area (Å²) in [5.41, 5.74) is 1.36. The van der Waals surface area contributed by atoms with Crippen molar-refractivity contribution in [3.8, 4) is 0 Å². The van der Waals surface area contributed by atoms with E-state index in [1.165, 1.54) is 5.69 Å². The summed E-state index contributed by atoms with van der Waals surface area (Å²) < 4.78 is 2.19. The average Bonchev–Trinajstić information content (AvgIpc) is 2.62. The summed E-state index contributed by atoms with van der Waals surface area (Å²) in [6.45, 7) is 5.56. The van der Waals surface area contributed by atoms with Crippen molar-refractivity contribution in [3.05, 3.63) is 15.9 Å². The van der Waals surface area contributed by atoms with E-state index in [0.29, 0.717) is 0 Å². The summed E-state index contributed by atoms with van der Waals surface area (Å²) in [7, 11) is 3.94. The molecule has 0 radical (unpaired) electrons. The number of nitrogens with one attached hydrogen (secondary N) is 1. The van der Waals surface area contributed by atoms with Gasteiger partial charge in [0.2, 0.25) is 0 Å². The van der Waals surface area contributed by atoms with Gasteiger partial charge in [-0.05, 0) is 0 Å². The van der Waals surface area contributed by atoms with Crippen LogP contribution >= 0.6 is 48.6 Å². The minimum Gasteiger partial charge on any atom is -0.323 e. The standard InChI is InChI=1S/C10H18N4S.3ClH/c1-11-10-13(2)9(8-15-10)7-14-5-3-12-4-6-14;;;/h8,12H,3-7H2,1-2H3;3*1H. The number of rotatable bonds is 2. The van der Waals surface area contributed by atoms with Gasteiger partial charge in [0.1, 0.15) is 0 Å². The Kier molecular flexibility index (Phi) is 11.5. The fourth-order valence-electron chi connectivity index (χ4n) is 1.85. The van der Waals surface area contributed by atoms with Gasteiger partial charge in [-0.3, -0.25) is 9.89 Å². The lowest BCUT2D eigenvalue weighted by Crippen LogP contribution is -2.43. The van der Waals surface area contributed by atoms with Crippen LogP contribution in [0.5, 0.6) is 0 Å². The number of nitrogens with zero attached hydrogens (tertiary/aromatic N) is 3. The molecule has 2 rings (SSSR count). The summed E-state index contributed by atoms with van der Waals surface area (Å²) in [6, 6.07) is 0. The topological polar surface area (TPSA) is 32.6 Å². The first kappa shape index (κ1) is 20.5. The molecule has 0 aliphatic carbocycles. The van der Waals surface area contributed by atoms with Gasteiger partial charge >= 0.3 is 0 Å². The number of thiazole rings is 1. The largest absolute Gasteiger partial charge is 0.323 e. The summed E-state index contributed by atoms with van der Waals surface area (Å²) in [6.07, 6.45) is 0. The van der Waals surface area contributed by atoms with E-state index in [-0.39, 0.29) is 37.2 Å². The van der Waals surface area contributed by atoms with Gasteiger partial charge in [0.25, 0.3) is 0 Å². The van der Waals surface area contributed by atoms with Crippen LogP contribution in [0, 0.1) is 0 Å². The Bertz CT molecular complexity index is 385. The molecular formula is C10H21Cl3N4S. The lowest BCUT2D eigenvalue weighted by Gasteiger charge is -2.27. The molecule has 4 nitrogen and oxygen atoms in total. The lowest BCUT2D eigenvalue weighted by atomic mass is 10.3. The molecule has 0 aromatic carbocycles. The van der Waals surface area contributed by atoms with Gasteiger partial charge in [-0.15, -0.1) is 48.6 Å². The van der Waals surface area contributed by atoms with Crippen molar-refractivity contribution >= 4 is 48.6 Å². The molecule has 1 aliphatic rings. The van der Waals surface area contributed by atoms with Gasteiger partial charge in [0.15, 0.2) is 4.80 Å². The predicted octanol–water partition coefficient (Wildman–Crippen LogP) is 1.29. The fraction of sp³-hybridized carbons (Fsp3) is 0.700. The van der Waals surface area contributed by atoms with E-state index in [9.17, 15) is 0 Å². The Hall–Kier alpha value is 0.220. The summed E-state index contributed by atoms with van der Waals surface area (Å²) in [4.78, 5) is 7.82. The number of hydrogen-bond acceptors (Lipinski definition) is 4. The third kappa shape index (κ3) is 5.07. The molecule has 0 bridgehead atoms. The van der Waals surface area contributed by atoms with Crippen LogP contribution in [0.4, 0.5) is 0 Å². The summed E-state index contributed by atoms with van der Waals surface area (Å²) in [5, 5.41) is 5.58. The highest BCUT2D eigenvalue weighted by molar-refractivity contribution is 7.07. The number of piperazine rings is 1. The third-order valence-electron chi connectivity index (χ3n) is 2.80. The zero-order valence-corrected chi connectivity index (χ0v) is 13.9. The van der Waals surface area contributed by atoms with Crippen molar-refractivity contribution in [2.45, 2.75) is 6.54 Å². The Labute approximate surface area is 131 Å². The molecule has 18 heavy (non-hydrogen) atoms. The van der Waals surface area contributed by atoms with Crippen LogP contribution in [0.2, 0.25) is 0 Å². The summed E-state index contributed by atoms with van der Waals surface area (Å²) >= 11 is 1.72. The van der Waals surface area contributed by atoms with Crippen LogP contribution in [0.1, 0.15) is 5.69 Å². The minimum atomic E-state index is 0. The van der Waals surface area contributed by atoms with E-state index >= 15 is 0 Å². The molecule has 1 aromatic rings. The molecule has 0 atom stereocenters. The van der Waals surface area contributed by atoms with E-state index < -0.39 is 0 Å². The zero-order chi connectivity index (χ0) is 10.7. The molecule has 0 spiro atoms.